The Morgan fingerprint density at radius 2 is 2.12 bits per heavy atom. The summed E-state index contributed by atoms with van der Waals surface area (Å²) < 4.78 is 11.5. The van der Waals surface area contributed by atoms with Crippen molar-refractivity contribution >= 4 is 16.5 Å². The third-order valence-corrected chi connectivity index (χ3v) is 3.92. The second-order valence-corrected chi connectivity index (χ2v) is 5.40. The first-order valence-corrected chi connectivity index (χ1v) is 6.42. The molecule has 5 nitrogen and oxygen atoms in total. The second-order valence-electron chi connectivity index (χ2n) is 4.24. The highest BCUT2D eigenvalue weighted by molar-refractivity contribution is 7.15. The van der Waals surface area contributed by atoms with Crippen LogP contribution in [0.3, 0.4) is 0 Å². The van der Waals surface area contributed by atoms with Crippen molar-refractivity contribution in [2.24, 2.45) is 0 Å². The quantitative estimate of drug-likeness (QED) is 0.739. The molecule has 0 N–H and O–H groups in total. The number of ether oxygens (including phenoxy) is 2. The van der Waals surface area contributed by atoms with Gasteiger partial charge in [0.1, 0.15) is 5.01 Å². The molecule has 1 aromatic heterocycles. The van der Waals surface area contributed by atoms with Crippen molar-refractivity contribution < 1.29 is 9.47 Å². The van der Waals surface area contributed by atoms with Crippen molar-refractivity contribution in [3.8, 4) is 0 Å². The minimum Gasteiger partial charge on any atom is -0.346 e. The first kappa shape index (κ1) is 10.4. The Kier molecular flexibility index (Phi) is 2.57. The molecule has 0 radical (unpaired) electrons. The highest BCUT2D eigenvalue weighted by atomic mass is 32.1. The third-order valence-electron chi connectivity index (χ3n) is 3.02. The van der Waals surface area contributed by atoms with Crippen LogP contribution in [0.15, 0.2) is 0 Å². The van der Waals surface area contributed by atoms with Crippen molar-refractivity contribution in [1.29, 1.82) is 0 Å². The maximum absolute atomic E-state index is 5.73. The van der Waals surface area contributed by atoms with E-state index in [9.17, 15) is 0 Å². The van der Waals surface area contributed by atoms with Crippen LogP contribution in [0.4, 0.5) is 5.13 Å². The summed E-state index contributed by atoms with van der Waals surface area (Å²) in [7, 11) is 0. The Morgan fingerprint density at radius 1 is 1.31 bits per heavy atom. The van der Waals surface area contributed by atoms with Crippen LogP contribution in [0.25, 0.3) is 0 Å². The van der Waals surface area contributed by atoms with Gasteiger partial charge >= 0.3 is 0 Å². The largest absolute Gasteiger partial charge is 0.346 e. The van der Waals surface area contributed by atoms with Crippen LogP contribution in [0.2, 0.25) is 0 Å². The van der Waals surface area contributed by atoms with Crippen LogP contribution < -0.4 is 4.90 Å². The zero-order chi connectivity index (χ0) is 11.0. The average molecular weight is 241 g/mol. The average Bonchev–Trinajstić information content (AvgIpc) is 2.89. The van der Waals surface area contributed by atoms with E-state index in [0.717, 1.165) is 36.1 Å². The van der Waals surface area contributed by atoms with E-state index < -0.39 is 0 Å². The van der Waals surface area contributed by atoms with E-state index in [4.69, 9.17) is 9.47 Å². The van der Waals surface area contributed by atoms with Crippen LogP contribution in [-0.2, 0) is 9.47 Å². The standard InChI is InChI=1S/C10H15N3O2S/c1-8-11-12-9(16-8)13-4-2-3-10(7-13)14-5-6-15-10/h2-7H2,1H3. The summed E-state index contributed by atoms with van der Waals surface area (Å²) in [5.74, 6) is -0.377. The Hall–Kier alpha value is -0.720. The summed E-state index contributed by atoms with van der Waals surface area (Å²) in [5.41, 5.74) is 0. The van der Waals surface area contributed by atoms with Crippen molar-refractivity contribution in [2.45, 2.75) is 25.6 Å². The number of anilines is 1. The van der Waals surface area contributed by atoms with E-state index in [1.807, 2.05) is 6.92 Å². The van der Waals surface area contributed by atoms with Gasteiger partial charge in [0.05, 0.1) is 19.8 Å². The molecule has 2 aliphatic heterocycles. The maximum Gasteiger partial charge on any atom is 0.208 e. The molecule has 0 aliphatic carbocycles. The summed E-state index contributed by atoms with van der Waals surface area (Å²) in [5, 5.41) is 10.2. The zero-order valence-electron chi connectivity index (χ0n) is 9.31. The summed E-state index contributed by atoms with van der Waals surface area (Å²) >= 11 is 1.63. The summed E-state index contributed by atoms with van der Waals surface area (Å²) in [4.78, 5) is 2.22. The number of aromatic nitrogens is 2. The third kappa shape index (κ3) is 1.81. The molecule has 0 saturated carbocycles. The lowest BCUT2D eigenvalue weighted by molar-refractivity contribution is -0.161. The Morgan fingerprint density at radius 3 is 2.81 bits per heavy atom. The molecule has 0 aromatic carbocycles. The van der Waals surface area contributed by atoms with Crippen molar-refractivity contribution in [3.05, 3.63) is 5.01 Å². The highest BCUT2D eigenvalue weighted by Gasteiger charge is 2.41. The molecule has 1 spiro atoms. The van der Waals surface area contributed by atoms with Gasteiger partial charge in [-0.15, -0.1) is 10.2 Å². The van der Waals surface area contributed by atoms with Gasteiger partial charge in [0.25, 0.3) is 0 Å². The minimum atomic E-state index is -0.377. The molecule has 2 fully saturated rings. The van der Waals surface area contributed by atoms with Gasteiger partial charge in [-0.1, -0.05) is 11.3 Å². The molecule has 3 heterocycles. The molecule has 2 aliphatic rings. The van der Waals surface area contributed by atoms with Crippen LogP contribution in [0, 0.1) is 6.92 Å². The minimum absolute atomic E-state index is 0.377. The van der Waals surface area contributed by atoms with E-state index in [0.29, 0.717) is 13.2 Å². The molecule has 0 unspecified atom stereocenters. The molecule has 1 aromatic rings. The number of hydrogen-bond donors (Lipinski definition) is 0. The predicted octanol–water partition coefficient (Wildman–Crippen LogP) is 1.19. The van der Waals surface area contributed by atoms with E-state index in [-0.39, 0.29) is 5.79 Å². The van der Waals surface area contributed by atoms with Crippen LogP contribution in [0.5, 0.6) is 0 Å². The first-order chi connectivity index (χ1) is 7.77. The normalized spacial score (nSPS) is 24.2. The van der Waals surface area contributed by atoms with Gasteiger partial charge in [-0.3, -0.25) is 0 Å². The van der Waals surface area contributed by atoms with Gasteiger partial charge in [-0.25, -0.2) is 0 Å². The maximum atomic E-state index is 5.73. The Bertz CT molecular complexity index is 376. The summed E-state index contributed by atoms with van der Waals surface area (Å²) in [6.45, 7) is 5.19. The van der Waals surface area contributed by atoms with Crippen molar-refractivity contribution in [3.63, 3.8) is 0 Å². The SMILES string of the molecule is Cc1nnc(N2CCCC3(C2)OCCO3)s1. The van der Waals surface area contributed by atoms with Gasteiger partial charge in [0, 0.05) is 13.0 Å². The lowest BCUT2D eigenvalue weighted by atomic mass is 10.1. The molecule has 88 valence electrons. The first-order valence-electron chi connectivity index (χ1n) is 5.60. The number of piperidine rings is 1. The van der Waals surface area contributed by atoms with E-state index in [1.54, 1.807) is 11.3 Å². The molecule has 0 bridgehead atoms. The van der Waals surface area contributed by atoms with Crippen LogP contribution in [-0.4, -0.2) is 42.3 Å². The molecule has 0 atom stereocenters. The summed E-state index contributed by atoms with van der Waals surface area (Å²) in [6, 6.07) is 0. The molecule has 16 heavy (non-hydrogen) atoms. The second kappa shape index (κ2) is 3.94. The fourth-order valence-corrected chi connectivity index (χ4v) is 3.01. The topological polar surface area (TPSA) is 47.5 Å². The number of rotatable bonds is 1. The molecule has 2 saturated heterocycles. The molecule has 6 heteroatoms. The fraction of sp³-hybridized carbons (Fsp3) is 0.800. The van der Waals surface area contributed by atoms with Crippen molar-refractivity contribution in [1.82, 2.24) is 10.2 Å². The van der Waals surface area contributed by atoms with Gasteiger partial charge in [-0.05, 0) is 13.3 Å². The summed E-state index contributed by atoms with van der Waals surface area (Å²) in [6.07, 6.45) is 2.07. The van der Waals surface area contributed by atoms with Crippen molar-refractivity contribution in [2.75, 3.05) is 31.2 Å². The van der Waals surface area contributed by atoms with Crippen LogP contribution in [0.1, 0.15) is 17.8 Å². The number of nitrogens with zero attached hydrogens (tertiary/aromatic N) is 3. The van der Waals surface area contributed by atoms with E-state index in [2.05, 4.69) is 15.1 Å². The number of aryl methyl sites for hydroxylation is 1. The zero-order valence-corrected chi connectivity index (χ0v) is 10.1. The van der Waals surface area contributed by atoms with Gasteiger partial charge in [0.2, 0.25) is 5.13 Å². The molecular weight excluding hydrogens is 226 g/mol. The predicted molar refractivity (Wildman–Crippen MR) is 60.7 cm³/mol. The molecule has 3 rings (SSSR count). The molecular formula is C10H15N3O2S. The smallest absolute Gasteiger partial charge is 0.208 e. The van der Waals surface area contributed by atoms with Gasteiger partial charge in [0.15, 0.2) is 5.79 Å². The lowest BCUT2D eigenvalue weighted by Gasteiger charge is -2.38. The highest BCUT2D eigenvalue weighted by Crippen LogP contribution is 2.33. The molecule has 0 amide bonds. The van der Waals surface area contributed by atoms with Gasteiger partial charge < -0.3 is 14.4 Å². The van der Waals surface area contributed by atoms with Crippen LogP contribution >= 0.6 is 11.3 Å². The van der Waals surface area contributed by atoms with Gasteiger partial charge in [-0.2, -0.15) is 0 Å². The van der Waals surface area contributed by atoms with E-state index in [1.165, 1.54) is 0 Å². The van der Waals surface area contributed by atoms with E-state index >= 15 is 0 Å². The lowest BCUT2D eigenvalue weighted by Crippen LogP contribution is -2.49. The fourth-order valence-electron chi connectivity index (χ4n) is 2.30. The Balaban J connectivity index is 1.77. The number of hydrogen-bond acceptors (Lipinski definition) is 6. The monoisotopic (exact) mass is 241 g/mol. The Labute approximate surface area is 98.4 Å².